The number of likely N-dealkylation sites (N-methyl/N-ethyl adjacent to an activating group) is 1. The molecule has 2 aliphatic heterocycles. The molecule has 0 unspecified atom stereocenters. The molecule has 168 valence electrons. The minimum atomic E-state index is -0.218. The molecule has 2 aliphatic carbocycles. The zero-order valence-electron chi connectivity index (χ0n) is 19.0. The van der Waals surface area contributed by atoms with Crippen LogP contribution in [0, 0.1) is 5.41 Å². The van der Waals surface area contributed by atoms with E-state index in [-0.39, 0.29) is 11.3 Å². The van der Waals surface area contributed by atoms with Gasteiger partial charge in [0, 0.05) is 25.3 Å². The van der Waals surface area contributed by atoms with Crippen molar-refractivity contribution in [2.45, 2.75) is 76.2 Å². The lowest BCUT2D eigenvalue weighted by Gasteiger charge is -2.39. The van der Waals surface area contributed by atoms with E-state index in [4.69, 9.17) is 0 Å². The van der Waals surface area contributed by atoms with Crippen molar-refractivity contribution < 1.29 is 9.59 Å². The first-order valence-corrected chi connectivity index (χ1v) is 12.5. The van der Waals surface area contributed by atoms with Crippen LogP contribution in [0.25, 0.3) is 0 Å². The van der Waals surface area contributed by atoms with Crippen molar-refractivity contribution >= 4 is 17.5 Å². The molecule has 2 saturated carbocycles. The number of carbonyl (C=O) groups excluding carboxylic acids is 2. The van der Waals surface area contributed by atoms with Crippen LogP contribution < -0.4 is 4.90 Å². The highest BCUT2D eigenvalue weighted by atomic mass is 16.2. The van der Waals surface area contributed by atoms with Crippen LogP contribution in [0.15, 0.2) is 24.3 Å². The Kier molecular flexibility index (Phi) is 5.80. The smallest absolute Gasteiger partial charge is 0.236 e. The van der Waals surface area contributed by atoms with E-state index in [1.165, 1.54) is 37.7 Å². The Bertz CT molecular complexity index is 802. The Morgan fingerprint density at radius 2 is 1.61 bits per heavy atom. The number of hydrogen-bond acceptors (Lipinski definition) is 3. The van der Waals surface area contributed by atoms with Crippen molar-refractivity contribution in [2.75, 3.05) is 38.1 Å². The first kappa shape index (κ1) is 21.0. The first-order chi connectivity index (χ1) is 15.1. The Morgan fingerprint density at radius 1 is 0.968 bits per heavy atom. The zero-order chi connectivity index (χ0) is 21.4. The highest BCUT2D eigenvalue weighted by molar-refractivity contribution is 6.00. The molecule has 4 fully saturated rings. The molecule has 4 aliphatic rings. The molecular formula is C26H37N3O2. The van der Waals surface area contributed by atoms with E-state index in [2.05, 4.69) is 29.2 Å². The minimum Gasteiger partial charge on any atom is -0.342 e. The van der Waals surface area contributed by atoms with E-state index in [9.17, 15) is 9.59 Å². The summed E-state index contributed by atoms with van der Waals surface area (Å²) in [5.74, 6) is 1.30. The summed E-state index contributed by atoms with van der Waals surface area (Å²) in [7, 11) is 1.98. The van der Waals surface area contributed by atoms with Crippen molar-refractivity contribution in [3.63, 3.8) is 0 Å². The van der Waals surface area contributed by atoms with Crippen molar-refractivity contribution in [2.24, 2.45) is 5.41 Å². The van der Waals surface area contributed by atoms with E-state index in [0.29, 0.717) is 18.5 Å². The molecule has 0 bridgehead atoms. The Labute approximate surface area is 186 Å². The molecule has 1 spiro atoms. The topological polar surface area (TPSA) is 43.9 Å². The molecule has 2 heterocycles. The maximum atomic E-state index is 13.4. The average molecular weight is 424 g/mol. The fourth-order valence-corrected chi connectivity index (χ4v) is 5.99. The molecule has 2 saturated heterocycles. The van der Waals surface area contributed by atoms with Crippen LogP contribution in [-0.4, -0.2) is 60.9 Å². The van der Waals surface area contributed by atoms with Gasteiger partial charge in [-0.25, -0.2) is 0 Å². The second-order valence-electron chi connectivity index (χ2n) is 10.4. The van der Waals surface area contributed by atoms with Gasteiger partial charge in [-0.3, -0.25) is 14.5 Å². The van der Waals surface area contributed by atoms with Gasteiger partial charge in [0.2, 0.25) is 11.8 Å². The van der Waals surface area contributed by atoms with Crippen LogP contribution in [0.5, 0.6) is 0 Å². The molecule has 31 heavy (non-hydrogen) atoms. The molecule has 0 N–H and O–H groups in total. The number of anilines is 1. The van der Waals surface area contributed by atoms with Crippen LogP contribution in [0.4, 0.5) is 5.69 Å². The highest BCUT2D eigenvalue weighted by Gasteiger charge is 2.48. The second kappa shape index (κ2) is 8.57. The van der Waals surface area contributed by atoms with Crippen molar-refractivity contribution in [3.05, 3.63) is 29.8 Å². The lowest BCUT2D eigenvalue weighted by Crippen LogP contribution is -2.49. The van der Waals surface area contributed by atoms with Gasteiger partial charge in [-0.1, -0.05) is 31.4 Å². The zero-order valence-corrected chi connectivity index (χ0v) is 19.0. The van der Waals surface area contributed by atoms with Crippen LogP contribution in [-0.2, 0) is 9.59 Å². The number of amides is 2. The molecule has 2 amide bonds. The van der Waals surface area contributed by atoms with Crippen LogP contribution in [0.2, 0.25) is 0 Å². The van der Waals surface area contributed by atoms with Crippen molar-refractivity contribution in [1.82, 2.24) is 9.80 Å². The van der Waals surface area contributed by atoms with E-state index in [0.717, 1.165) is 63.3 Å². The molecule has 0 radical (unpaired) electrons. The molecule has 0 aromatic heterocycles. The van der Waals surface area contributed by atoms with Gasteiger partial charge in [-0.15, -0.1) is 0 Å². The van der Waals surface area contributed by atoms with E-state index < -0.39 is 0 Å². The quantitative estimate of drug-likeness (QED) is 0.714. The van der Waals surface area contributed by atoms with E-state index >= 15 is 0 Å². The Balaban J connectivity index is 1.15. The molecule has 1 aromatic carbocycles. The second-order valence-corrected chi connectivity index (χ2v) is 10.4. The van der Waals surface area contributed by atoms with Gasteiger partial charge >= 0.3 is 0 Å². The summed E-state index contributed by atoms with van der Waals surface area (Å²) in [4.78, 5) is 32.5. The SMILES string of the molecule is CN(C(=O)CN1CCC2(CC1)CCN(c1ccc(C3CC3)cc1)C2=O)C1CCCCC1. The number of benzene rings is 1. The lowest BCUT2D eigenvalue weighted by molar-refractivity contribution is -0.135. The van der Waals surface area contributed by atoms with Crippen LogP contribution >= 0.6 is 0 Å². The molecular weight excluding hydrogens is 386 g/mol. The van der Waals surface area contributed by atoms with Gasteiger partial charge in [0.15, 0.2) is 0 Å². The number of piperidine rings is 1. The van der Waals surface area contributed by atoms with Gasteiger partial charge in [0.25, 0.3) is 0 Å². The number of rotatable bonds is 5. The summed E-state index contributed by atoms with van der Waals surface area (Å²) in [6, 6.07) is 9.12. The number of likely N-dealkylation sites (tertiary alicyclic amines) is 1. The maximum absolute atomic E-state index is 13.4. The van der Waals surface area contributed by atoms with Gasteiger partial charge in [0.1, 0.15) is 0 Å². The van der Waals surface area contributed by atoms with E-state index in [1.54, 1.807) is 0 Å². The summed E-state index contributed by atoms with van der Waals surface area (Å²) in [6.45, 7) is 3.03. The maximum Gasteiger partial charge on any atom is 0.236 e. The van der Waals surface area contributed by atoms with Crippen molar-refractivity contribution in [1.29, 1.82) is 0 Å². The van der Waals surface area contributed by atoms with Crippen LogP contribution in [0.1, 0.15) is 75.7 Å². The van der Waals surface area contributed by atoms with Gasteiger partial charge in [-0.05, 0) is 81.6 Å². The van der Waals surface area contributed by atoms with Gasteiger partial charge in [0.05, 0.1) is 12.0 Å². The summed E-state index contributed by atoms with van der Waals surface area (Å²) in [5, 5.41) is 0. The summed E-state index contributed by atoms with van der Waals surface area (Å²) in [5.41, 5.74) is 2.25. The summed E-state index contributed by atoms with van der Waals surface area (Å²) in [6.07, 6.45) is 11.4. The predicted octanol–water partition coefficient (Wildman–Crippen LogP) is 4.17. The highest BCUT2D eigenvalue weighted by Crippen LogP contribution is 2.44. The number of nitrogens with zero attached hydrogens (tertiary/aromatic N) is 3. The Hall–Kier alpha value is -1.88. The lowest BCUT2D eigenvalue weighted by atomic mass is 9.77. The summed E-state index contributed by atoms with van der Waals surface area (Å²) >= 11 is 0. The molecule has 5 heteroatoms. The number of carbonyl (C=O) groups is 2. The largest absolute Gasteiger partial charge is 0.342 e. The third-order valence-electron chi connectivity index (χ3n) is 8.45. The van der Waals surface area contributed by atoms with Gasteiger partial charge in [-0.2, -0.15) is 0 Å². The average Bonchev–Trinajstić information content (AvgIpc) is 3.62. The fourth-order valence-electron chi connectivity index (χ4n) is 5.99. The Morgan fingerprint density at radius 3 is 2.26 bits per heavy atom. The monoisotopic (exact) mass is 423 g/mol. The first-order valence-electron chi connectivity index (χ1n) is 12.5. The summed E-state index contributed by atoms with van der Waals surface area (Å²) < 4.78 is 0. The normalized spacial score (nSPS) is 24.7. The third-order valence-corrected chi connectivity index (χ3v) is 8.45. The molecule has 5 rings (SSSR count). The molecule has 5 nitrogen and oxygen atoms in total. The van der Waals surface area contributed by atoms with Gasteiger partial charge < -0.3 is 9.80 Å². The standard InChI is InChI=1S/C26H37N3O2/c1-27(22-5-3-2-4-6-22)24(30)19-28-16-13-26(14-17-28)15-18-29(25(26)31)23-11-9-21(10-12-23)20-7-8-20/h9-12,20,22H,2-8,13-19H2,1H3. The van der Waals surface area contributed by atoms with Crippen LogP contribution in [0.3, 0.4) is 0 Å². The third kappa shape index (κ3) is 4.26. The van der Waals surface area contributed by atoms with E-state index in [1.807, 2.05) is 16.8 Å². The van der Waals surface area contributed by atoms with Crippen molar-refractivity contribution in [3.8, 4) is 0 Å². The minimum absolute atomic E-state index is 0.218. The fraction of sp³-hybridized carbons (Fsp3) is 0.692. The molecule has 1 aromatic rings. The molecule has 0 atom stereocenters. The predicted molar refractivity (Wildman–Crippen MR) is 123 cm³/mol. The number of hydrogen-bond donors (Lipinski definition) is 0.